The predicted octanol–water partition coefficient (Wildman–Crippen LogP) is 2.70. The molecule has 0 bridgehead atoms. The van der Waals surface area contributed by atoms with Crippen LogP contribution in [0.1, 0.15) is 0 Å². The Bertz CT molecular complexity index is 386. The summed E-state index contributed by atoms with van der Waals surface area (Å²) < 4.78 is 5.04. The van der Waals surface area contributed by atoms with E-state index in [-0.39, 0.29) is 5.24 Å². The molecule has 1 heterocycles. The molecule has 0 N–H and O–H groups in total. The highest BCUT2D eigenvalue weighted by Crippen LogP contribution is 2.28. The molecule has 0 unspecified atom stereocenters. The number of thioether (sulfide) groups is 1. The van der Waals surface area contributed by atoms with E-state index in [4.69, 9.17) is 17.0 Å². The second-order valence-electron chi connectivity index (χ2n) is 2.98. The Morgan fingerprint density at radius 1 is 1.40 bits per heavy atom. The molecule has 1 aliphatic rings. The molecule has 5 heteroatoms. The Morgan fingerprint density at radius 3 is 2.53 bits per heavy atom. The van der Waals surface area contributed by atoms with Crippen LogP contribution in [0, 0.1) is 0 Å². The summed E-state index contributed by atoms with van der Waals surface area (Å²) in [6, 6.07) is 7.28. The summed E-state index contributed by atoms with van der Waals surface area (Å²) in [7, 11) is 1.61. The molecule has 2 rings (SSSR count). The number of hydrogen-bond donors (Lipinski definition) is 0. The summed E-state index contributed by atoms with van der Waals surface area (Å²) in [5.41, 5.74) is 0.802. The van der Waals surface area contributed by atoms with Gasteiger partial charge in [-0.15, -0.1) is 0 Å². The van der Waals surface area contributed by atoms with Crippen molar-refractivity contribution in [3.63, 3.8) is 0 Å². The van der Waals surface area contributed by atoms with Crippen molar-refractivity contribution >= 4 is 39.9 Å². The zero-order chi connectivity index (χ0) is 10.8. The van der Waals surface area contributed by atoms with Gasteiger partial charge in [-0.25, -0.2) is 0 Å². The molecule has 0 aliphatic carbocycles. The minimum Gasteiger partial charge on any atom is -0.497 e. The first kappa shape index (κ1) is 10.4. The minimum absolute atomic E-state index is 0.00910. The van der Waals surface area contributed by atoms with E-state index in [0.29, 0.717) is 10.7 Å². The monoisotopic (exact) mass is 239 g/mol. The molecule has 0 saturated carbocycles. The number of carbonyl (C=O) groups excluding carboxylic acids is 1. The van der Waals surface area contributed by atoms with Gasteiger partial charge in [0.1, 0.15) is 10.7 Å². The summed E-state index contributed by atoms with van der Waals surface area (Å²) in [5.74, 6) is 1.36. The third-order valence-corrected chi connectivity index (χ3v) is 3.44. The Labute approximate surface area is 97.4 Å². The van der Waals surface area contributed by atoms with Crippen LogP contribution in [-0.4, -0.2) is 23.1 Å². The molecule has 1 aliphatic heterocycles. The summed E-state index contributed by atoms with van der Waals surface area (Å²) in [4.78, 5) is 13.7. The van der Waals surface area contributed by atoms with Crippen LogP contribution in [0.2, 0.25) is 0 Å². The predicted molar refractivity (Wildman–Crippen MR) is 65.9 cm³/mol. The van der Waals surface area contributed by atoms with Crippen LogP contribution < -0.4 is 9.64 Å². The van der Waals surface area contributed by atoms with Gasteiger partial charge in [0.15, 0.2) is 0 Å². The van der Waals surface area contributed by atoms with Crippen LogP contribution in [0.4, 0.5) is 10.5 Å². The molecule has 78 valence electrons. The minimum atomic E-state index is -0.00910. The second kappa shape index (κ2) is 4.20. The van der Waals surface area contributed by atoms with Crippen molar-refractivity contribution in [2.24, 2.45) is 0 Å². The van der Waals surface area contributed by atoms with Crippen LogP contribution in [0.5, 0.6) is 5.75 Å². The number of carbonyl (C=O) groups is 1. The number of hydrogen-bond acceptors (Lipinski definition) is 4. The Morgan fingerprint density at radius 2 is 2.07 bits per heavy atom. The van der Waals surface area contributed by atoms with Crippen molar-refractivity contribution in [3.05, 3.63) is 24.3 Å². The van der Waals surface area contributed by atoms with Gasteiger partial charge in [0, 0.05) is 0 Å². The second-order valence-corrected chi connectivity index (χ2v) is 4.38. The number of benzene rings is 1. The zero-order valence-corrected chi connectivity index (χ0v) is 9.73. The van der Waals surface area contributed by atoms with Gasteiger partial charge in [0.2, 0.25) is 0 Å². The number of thiocarbonyl (C=S) groups is 1. The molecule has 1 saturated heterocycles. The topological polar surface area (TPSA) is 29.5 Å². The maximum absolute atomic E-state index is 11.5. The highest BCUT2D eigenvalue weighted by atomic mass is 32.2. The van der Waals surface area contributed by atoms with Gasteiger partial charge in [-0.1, -0.05) is 24.0 Å². The molecular formula is C10H9NO2S2. The van der Waals surface area contributed by atoms with E-state index in [0.717, 1.165) is 11.4 Å². The van der Waals surface area contributed by atoms with Crippen LogP contribution in [-0.2, 0) is 0 Å². The lowest BCUT2D eigenvalue weighted by molar-refractivity contribution is 0.268. The van der Waals surface area contributed by atoms with Crippen molar-refractivity contribution in [3.8, 4) is 5.75 Å². The lowest BCUT2D eigenvalue weighted by Crippen LogP contribution is -2.26. The smallest absolute Gasteiger partial charge is 0.291 e. The average Bonchev–Trinajstić information content (AvgIpc) is 2.59. The zero-order valence-electron chi connectivity index (χ0n) is 8.10. The maximum Gasteiger partial charge on any atom is 0.291 e. The third kappa shape index (κ3) is 1.98. The normalized spacial score (nSPS) is 15.9. The van der Waals surface area contributed by atoms with E-state index in [1.54, 1.807) is 12.0 Å². The van der Waals surface area contributed by atoms with E-state index in [9.17, 15) is 4.79 Å². The number of methoxy groups -OCH3 is 1. The van der Waals surface area contributed by atoms with E-state index in [1.165, 1.54) is 11.8 Å². The van der Waals surface area contributed by atoms with Gasteiger partial charge in [0.05, 0.1) is 18.6 Å². The lowest BCUT2D eigenvalue weighted by Gasteiger charge is -2.14. The van der Waals surface area contributed by atoms with Gasteiger partial charge in [-0.2, -0.15) is 0 Å². The van der Waals surface area contributed by atoms with Gasteiger partial charge in [-0.3, -0.25) is 9.69 Å². The Kier molecular flexibility index (Phi) is 2.93. The van der Waals surface area contributed by atoms with Crippen molar-refractivity contribution in [1.82, 2.24) is 0 Å². The molecule has 1 aromatic carbocycles. The van der Waals surface area contributed by atoms with Crippen molar-refractivity contribution in [2.75, 3.05) is 17.8 Å². The summed E-state index contributed by atoms with van der Waals surface area (Å²) in [6.07, 6.45) is 0. The first-order chi connectivity index (χ1) is 7.22. The average molecular weight is 239 g/mol. The number of rotatable bonds is 2. The molecule has 1 fully saturated rings. The van der Waals surface area contributed by atoms with E-state index in [1.807, 2.05) is 24.3 Å². The number of ether oxygens (including phenoxy) is 1. The van der Waals surface area contributed by atoms with Gasteiger partial charge < -0.3 is 4.74 Å². The van der Waals surface area contributed by atoms with Crippen LogP contribution >= 0.6 is 24.0 Å². The van der Waals surface area contributed by atoms with Gasteiger partial charge in [-0.05, 0) is 24.3 Å². The van der Waals surface area contributed by atoms with Crippen molar-refractivity contribution < 1.29 is 9.53 Å². The first-order valence-electron chi connectivity index (χ1n) is 4.36. The maximum atomic E-state index is 11.5. The van der Waals surface area contributed by atoms with E-state index < -0.39 is 0 Å². The van der Waals surface area contributed by atoms with E-state index in [2.05, 4.69) is 0 Å². The lowest BCUT2D eigenvalue weighted by atomic mass is 10.3. The standard InChI is InChI=1S/C10H9NO2S2/c1-13-8-4-2-7(3-5-8)11-9(14)6-15-10(11)12/h2-5H,6H2,1H3. The summed E-state index contributed by atoms with van der Waals surface area (Å²) in [6.45, 7) is 0. The summed E-state index contributed by atoms with van der Waals surface area (Å²) >= 11 is 6.35. The molecule has 1 amide bonds. The number of anilines is 1. The highest BCUT2D eigenvalue weighted by Gasteiger charge is 2.27. The fourth-order valence-corrected chi connectivity index (χ4v) is 2.48. The number of amides is 1. The third-order valence-electron chi connectivity index (χ3n) is 2.08. The summed E-state index contributed by atoms with van der Waals surface area (Å²) in [5, 5.41) is -0.00910. The molecule has 15 heavy (non-hydrogen) atoms. The van der Waals surface area contributed by atoms with Gasteiger partial charge >= 0.3 is 0 Å². The van der Waals surface area contributed by atoms with Crippen LogP contribution in [0.3, 0.4) is 0 Å². The Hall–Kier alpha value is -1.07. The van der Waals surface area contributed by atoms with E-state index >= 15 is 0 Å². The van der Waals surface area contributed by atoms with Crippen molar-refractivity contribution in [2.45, 2.75) is 0 Å². The highest BCUT2D eigenvalue weighted by molar-refractivity contribution is 8.16. The van der Waals surface area contributed by atoms with Crippen molar-refractivity contribution in [1.29, 1.82) is 0 Å². The molecule has 0 radical (unpaired) electrons. The largest absolute Gasteiger partial charge is 0.497 e. The molecule has 3 nitrogen and oxygen atoms in total. The van der Waals surface area contributed by atoms with Crippen LogP contribution in [0.15, 0.2) is 24.3 Å². The quantitative estimate of drug-likeness (QED) is 0.742. The number of nitrogens with zero attached hydrogens (tertiary/aromatic N) is 1. The van der Waals surface area contributed by atoms with Crippen LogP contribution in [0.25, 0.3) is 0 Å². The fourth-order valence-electron chi connectivity index (χ4n) is 1.34. The molecule has 1 aromatic rings. The van der Waals surface area contributed by atoms with Gasteiger partial charge in [0.25, 0.3) is 5.24 Å². The molecule has 0 aromatic heterocycles. The SMILES string of the molecule is COc1ccc(N2C(=O)SCC2=S)cc1. The molecular weight excluding hydrogens is 230 g/mol. The molecule has 0 spiro atoms. The fraction of sp³-hybridized carbons (Fsp3) is 0.200. The molecule has 0 atom stereocenters. The Balaban J connectivity index is 2.29. The first-order valence-corrected chi connectivity index (χ1v) is 5.75.